The van der Waals surface area contributed by atoms with E-state index in [2.05, 4.69) is 6.92 Å². The first-order valence-electron chi connectivity index (χ1n) is 6.83. The summed E-state index contributed by atoms with van der Waals surface area (Å²) in [5.74, 6) is -0.630. The van der Waals surface area contributed by atoms with Crippen LogP contribution in [0.15, 0.2) is 0 Å². The minimum Gasteiger partial charge on any atom is -0.480 e. The van der Waals surface area contributed by atoms with Gasteiger partial charge in [-0.05, 0) is 31.1 Å². The van der Waals surface area contributed by atoms with Gasteiger partial charge in [0.25, 0.3) is 10.2 Å². The molecule has 0 spiro atoms. The Bertz CT molecular complexity index is 443. The fraction of sp³-hybridized carbons (Fsp3) is 0.917. The van der Waals surface area contributed by atoms with E-state index in [0.717, 1.165) is 12.8 Å². The van der Waals surface area contributed by atoms with E-state index < -0.39 is 22.2 Å². The zero-order chi connectivity index (χ0) is 14.2. The van der Waals surface area contributed by atoms with Gasteiger partial charge >= 0.3 is 5.97 Å². The minimum absolute atomic E-state index is 0.129. The lowest BCUT2D eigenvalue weighted by Crippen LogP contribution is -2.51. The summed E-state index contributed by atoms with van der Waals surface area (Å²) in [5.41, 5.74) is 0. The van der Waals surface area contributed by atoms with Crippen molar-refractivity contribution in [2.45, 2.75) is 39.2 Å². The standard InChI is InChI=1S/C12H22N2O4S/c1-9-3-6-13(7-4-9)19(17,18)14-8-5-10(2)11(14)12(15)16/h9-11H,3-8H2,1-2H3,(H,15,16). The number of nitrogens with zero attached hydrogens (tertiary/aromatic N) is 2. The van der Waals surface area contributed by atoms with Gasteiger partial charge in [0.15, 0.2) is 0 Å². The van der Waals surface area contributed by atoms with E-state index in [-0.39, 0.29) is 5.92 Å². The van der Waals surface area contributed by atoms with Crippen molar-refractivity contribution in [1.82, 2.24) is 8.61 Å². The van der Waals surface area contributed by atoms with E-state index in [9.17, 15) is 18.3 Å². The SMILES string of the molecule is CC1CCN(S(=O)(=O)N2CCC(C)C2C(=O)O)CC1. The average Bonchev–Trinajstić information content (AvgIpc) is 2.72. The Morgan fingerprint density at radius 1 is 1.11 bits per heavy atom. The monoisotopic (exact) mass is 290 g/mol. The largest absolute Gasteiger partial charge is 0.480 e. The first kappa shape index (κ1) is 14.7. The lowest BCUT2D eigenvalue weighted by Gasteiger charge is -2.34. The molecule has 0 saturated carbocycles. The predicted molar refractivity (Wildman–Crippen MR) is 70.8 cm³/mol. The van der Waals surface area contributed by atoms with E-state index >= 15 is 0 Å². The third-order valence-corrected chi connectivity index (χ3v) is 6.29. The van der Waals surface area contributed by atoms with Crippen LogP contribution in [-0.2, 0) is 15.0 Å². The Labute approximate surface area is 114 Å². The number of carbonyl (C=O) groups is 1. The molecule has 2 rings (SSSR count). The van der Waals surface area contributed by atoms with Gasteiger partial charge in [-0.1, -0.05) is 13.8 Å². The van der Waals surface area contributed by atoms with Crippen LogP contribution in [0, 0.1) is 11.8 Å². The van der Waals surface area contributed by atoms with Crippen LogP contribution < -0.4 is 0 Å². The third-order valence-electron chi connectivity index (χ3n) is 4.27. The Morgan fingerprint density at radius 3 is 2.21 bits per heavy atom. The van der Waals surface area contributed by atoms with E-state index in [1.165, 1.54) is 8.61 Å². The van der Waals surface area contributed by atoms with Gasteiger partial charge in [-0.3, -0.25) is 4.79 Å². The van der Waals surface area contributed by atoms with Gasteiger partial charge in [0.2, 0.25) is 0 Å². The molecule has 0 aromatic carbocycles. The number of aliphatic carboxylic acids is 1. The zero-order valence-electron chi connectivity index (χ0n) is 11.4. The molecule has 0 aromatic heterocycles. The molecule has 19 heavy (non-hydrogen) atoms. The topological polar surface area (TPSA) is 77.9 Å². The molecule has 6 nitrogen and oxygen atoms in total. The maximum Gasteiger partial charge on any atom is 0.322 e. The van der Waals surface area contributed by atoms with E-state index in [4.69, 9.17) is 0 Å². The number of hydrogen-bond acceptors (Lipinski definition) is 3. The number of carboxylic acid groups (broad SMARTS) is 1. The fourth-order valence-electron chi connectivity index (χ4n) is 2.90. The van der Waals surface area contributed by atoms with Crippen LogP contribution in [0.4, 0.5) is 0 Å². The van der Waals surface area contributed by atoms with Gasteiger partial charge < -0.3 is 5.11 Å². The van der Waals surface area contributed by atoms with Crippen LogP contribution in [0.1, 0.15) is 33.1 Å². The predicted octanol–water partition coefficient (Wildman–Crippen LogP) is 0.758. The highest BCUT2D eigenvalue weighted by molar-refractivity contribution is 7.86. The van der Waals surface area contributed by atoms with Gasteiger partial charge in [0.1, 0.15) is 6.04 Å². The molecule has 2 fully saturated rings. The van der Waals surface area contributed by atoms with Crippen molar-refractivity contribution in [2.75, 3.05) is 19.6 Å². The van der Waals surface area contributed by atoms with Crippen LogP contribution >= 0.6 is 0 Å². The van der Waals surface area contributed by atoms with Crippen molar-refractivity contribution in [1.29, 1.82) is 0 Å². The summed E-state index contributed by atoms with van der Waals surface area (Å²) >= 11 is 0. The molecule has 0 aliphatic carbocycles. The van der Waals surface area contributed by atoms with Crippen LogP contribution in [0.25, 0.3) is 0 Å². The quantitative estimate of drug-likeness (QED) is 0.832. The molecule has 2 aliphatic heterocycles. The Hall–Kier alpha value is -0.660. The maximum atomic E-state index is 12.5. The summed E-state index contributed by atoms with van der Waals surface area (Å²) in [7, 11) is -3.63. The molecule has 2 aliphatic rings. The summed E-state index contributed by atoms with van der Waals surface area (Å²) in [6, 6.07) is -0.913. The first-order chi connectivity index (χ1) is 8.84. The number of piperidine rings is 1. The maximum absolute atomic E-state index is 12.5. The molecular formula is C12H22N2O4S. The second-order valence-electron chi connectivity index (χ2n) is 5.75. The van der Waals surface area contributed by atoms with Crippen molar-refractivity contribution in [3.05, 3.63) is 0 Å². The lowest BCUT2D eigenvalue weighted by molar-refractivity contribution is -0.141. The van der Waals surface area contributed by atoms with Crippen LogP contribution in [-0.4, -0.2) is 53.8 Å². The highest BCUT2D eigenvalue weighted by Gasteiger charge is 2.45. The smallest absolute Gasteiger partial charge is 0.322 e. The molecule has 0 amide bonds. The molecule has 2 saturated heterocycles. The van der Waals surface area contributed by atoms with Crippen LogP contribution in [0.5, 0.6) is 0 Å². The van der Waals surface area contributed by atoms with Gasteiger partial charge in [-0.2, -0.15) is 17.0 Å². The fourth-order valence-corrected chi connectivity index (χ4v) is 4.79. The normalized spacial score (nSPS) is 31.7. The second-order valence-corrected chi connectivity index (χ2v) is 7.63. The molecule has 110 valence electrons. The molecule has 0 bridgehead atoms. The van der Waals surface area contributed by atoms with Crippen molar-refractivity contribution >= 4 is 16.2 Å². The molecular weight excluding hydrogens is 268 g/mol. The Balaban J connectivity index is 2.17. The zero-order valence-corrected chi connectivity index (χ0v) is 12.3. The van der Waals surface area contributed by atoms with Crippen molar-refractivity contribution in [3.8, 4) is 0 Å². The molecule has 0 radical (unpaired) electrons. The molecule has 1 N–H and O–H groups in total. The number of hydrogen-bond donors (Lipinski definition) is 1. The molecule has 2 unspecified atom stereocenters. The van der Waals surface area contributed by atoms with E-state index in [0.29, 0.717) is 32.0 Å². The van der Waals surface area contributed by atoms with Crippen molar-refractivity contribution < 1.29 is 18.3 Å². The molecule has 0 aromatic rings. The average molecular weight is 290 g/mol. The highest BCUT2D eigenvalue weighted by atomic mass is 32.2. The Kier molecular flexibility index (Phi) is 4.17. The highest BCUT2D eigenvalue weighted by Crippen LogP contribution is 2.30. The van der Waals surface area contributed by atoms with E-state index in [1.807, 2.05) is 0 Å². The minimum atomic E-state index is -3.63. The first-order valence-corrected chi connectivity index (χ1v) is 8.23. The summed E-state index contributed by atoms with van der Waals surface area (Å²) in [5, 5.41) is 9.23. The summed E-state index contributed by atoms with van der Waals surface area (Å²) in [6.45, 7) is 5.22. The van der Waals surface area contributed by atoms with Gasteiger partial charge in [-0.25, -0.2) is 0 Å². The lowest BCUT2D eigenvalue weighted by atomic mass is 10.0. The summed E-state index contributed by atoms with van der Waals surface area (Å²) in [4.78, 5) is 11.3. The third kappa shape index (κ3) is 2.78. The number of rotatable bonds is 3. The van der Waals surface area contributed by atoms with E-state index in [1.54, 1.807) is 6.92 Å². The Morgan fingerprint density at radius 2 is 1.68 bits per heavy atom. The molecule has 7 heteroatoms. The van der Waals surface area contributed by atoms with Gasteiger partial charge in [0.05, 0.1) is 0 Å². The van der Waals surface area contributed by atoms with Gasteiger partial charge in [0, 0.05) is 19.6 Å². The summed E-state index contributed by atoms with van der Waals surface area (Å²) < 4.78 is 27.7. The molecule has 2 atom stereocenters. The van der Waals surface area contributed by atoms with Crippen molar-refractivity contribution in [2.24, 2.45) is 11.8 Å². The number of carboxylic acids is 1. The van der Waals surface area contributed by atoms with Crippen LogP contribution in [0.3, 0.4) is 0 Å². The van der Waals surface area contributed by atoms with Crippen LogP contribution in [0.2, 0.25) is 0 Å². The summed E-state index contributed by atoms with van der Waals surface area (Å²) in [6.07, 6.45) is 2.31. The van der Waals surface area contributed by atoms with Crippen molar-refractivity contribution in [3.63, 3.8) is 0 Å². The molecule has 2 heterocycles. The van der Waals surface area contributed by atoms with Gasteiger partial charge in [-0.15, -0.1) is 0 Å². The second kappa shape index (κ2) is 5.38.